The molecule has 0 saturated heterocycles. The number of benzene rings is 1. The van der Waals surface area contributed by atoms with Crippen molar-refractivity contribution in [1.29, 1.82) is 0 Å². The highest BCUT2D eigenvalue weighted by Crippen LogP contribution is 2.36. The topological polar surface area (TPSA) is 87.5 Å². The Morgan fingerprint density at radius 1 is 1.29 bits per heavy atom. The van der Waals surface area contributed by atoms with E-state index in [0.717, 1.165) is 31.2 Å². The molecule has 3 rings (SSSR count). The van der Waals surface area contributed by atoms with Gasteiger partial charge in [0.2, 0.25) is 5.91 Å². The highest BCUT2D eigenvalue weighted by atomic mass is 16.6. The summed E-state index contributed by atoms with van der Waals surface area (Å²) in [4.78, 5) is 24.9. The molecule has 130 valence electrons. The number of nitro groups is 1. The SMILES string of the molecule is CN(C)[C@@H]1CCC[C@@H](Nc2cc3c(cc2[N+](=O)[O-])CCC(=O)N3)C1. The van der Waals surface area contributed by atoms with Crippen LogP contribution in [-0.4, -0.2) is 41.9 Å². The fourth-order valence-corrected chi connectivity index (χ4v) is 3.67. The van der Waals surface area contributed by atoms with Crippen LogP contribution in [0.3, 0.4) is 0 Å². The molecule has 0 spiro atoms. The number of hydrogen-bond donors (Lipinski definition) is 2. The lowest BCUT2D eigenvalue weighted by Gasteiger charge is -2.34. The van der Waals surface area contributed by atoms with E-state index in [-0.39, 0.29) is 22.6 Å². The zero-order chi connectivity index (χ0) is 17.3. The normalized spacial score (nSPS) is 23.5. The average molecular weight is 332 g/mol. The Morgan fingerprint density at radius 2 is 2.08 bits per heavy atom. The molecule has 0 unspecified atom stereocenters. The molecule has 0 radical (unpaired) electrons. The number of nitrogens with one attached hydrogen (secondary N) is 2. The minimum absolute atomic E-state index is 0.0346. The molecule has 1 saturated carbocycles. The van der Waals surface area contributed by atoms with Crippen molar-refractivity contribution in [3.05, 3.63) is 27.8 Å². The van der Waals surface area contributed by atoms with Gasteiger partial charge in [-0.1, -0.05) is 0 Å². The van der Waals surface area contributed by atoms with Gasteiger partial charge in [-0.15, -0.1) is 0 Å². The van der Waals surface area contributed by atoms with Crippen molar-refractivity contribution in [3.63, 3.8) is 0 Å². The molecule has 1 aliphatic heterocycles. The van der Waals surface area contributed by atoms with Crippen LogP contribution in [-0.2, 0) is 11.2 Å². The molecule has 1 aromatic carbocycles. The zero-order valence-corrected chi connectivity index (χ0v) is 14.2. The Hall–Kier alpha value is -2.15. The summed E-state index contributed by atoms with van der Waals surface area (Å²) >= 11 is 0. The number of aryl methyl sites for hydroxylation is 1. The van der Waals surface area contributed by atoms with Gasteiger partial charge in [0, 0.05) is 30.3 Å². The monoisotopic (exact) mass is 332 g/mol. The lowest BCUT2D eigenvalue weighted by atomic mass is 9.90. The van der Waals surface area contributed by atoms with E-state index in [1.165, 1.54) is 0 Å². The molecule has 1 heterocycles. The van der Waals surface area contributed by atoms with Crippen molar-refractivity contribution >= 4 is 23.0 Å². The predicted octanol–water partition coefficient (Wildman–Crippen LogP) is 2.76. The number of anilines is 2. The van der Waals surface area contributed by atoms with Gasteiger partial charge in [0.15, 0.2) is 0 Å². The maximum Gasteiger partial charge on any atom is 0.292 e. The first-order chi connectivity index (χ1) is 11.4. The highest BCUT2D eigenvalue weighted by Gasteiger charge is 2.27. The van der Waals surface area contributed by atoms with Crippen LogP contribution in [0.4, 0.5) is 17.1 Å². The molecular formula is C17H24N4O3. The Labute approximate surface area is 141 Å². The van der Waals surface area contributed by atoms with E-state index in [4.69, 9.17) is 0 Å². The van der Waals surface area contributed by atoms with Crippen molar-refractivity contribution in [2.24, 2.45) is 0 Å². The number of carbonyl (C=O) groups is 1. The van der Waals surface area contributed by atoms with Crippen molar-refractivity contribution in [2.75, 3.05) is 24.7 Å². The molecule has 2 atom stereocenters. The number of hydrogen-bond acceptors (Lipinski definition) is 5. The third kappa shape index (κ3) is 3.51. The number of amides is 1. The van der Waals surface area contributed by atoms with E-state index in [1.54, 1.807) is 12.1 Å². The molecule has 2 N–H and O–H groups in total. The molecule has 1 aliphatic carbocycles. The van der Waals surface area contributed by atoms with Crippen LogP contribution in [0.2, 0.25) is 0 Å². The van der Waals surface area contributed by atoms with Crippen LogP contribution in [0, 0.1) is 10.1 Å². The second-order valence-corrected chi connectivity index (χ2v) is 6.96. The maximum absolute atomic E-state index is 11.6. The van der Waals surface area contributed by atoms with Crippen molar-refractivity contribution in [2.45, 2.75) is 50.6 Å². The van der Waals surface area contributed by atoms with Crippen LogP contribution in [0.5, 0.6) is 0 Å². The molecule has 1 aromatic rings. The van der Waals surface area contributed by atoms with Gasteiger partial charge >= 0.3 is 0 Å². The molecule has 0 aromatic heterocycles. The van der Waals surface area contributed by atoms with Gasteiger partial charge in [-0.3, -0.25) is 14.9 Å². The van der Waals surface area contributed by atoms with E-state index in [2.05, 4.69) is 29.6 Å². The first-order valence-corrected chi connectivity index (χ1v) is 8.48. The van der Waals surface area contributed by atoms with Crippen molar-refractivity contribution in [1.82, 2.24) is 4.90 Å². The second kappa shape index (κ2) is 6.76. The van der Waals surface area contributed by atoms with Crippen LogP contribution in [0.1, 0.15) is 37.7 Å². The lowest BCUT2D eigenvalue weighted by molar-refractivity contribution is -0.384. The van der Waals surface area contributed by atoms with Gasteiger partial charge in [0.05, 0.1) is 4.92 Å². The maximum atomic E-state index is 11.6. The van der Waals surface area contributed by atoms with E-state index in [0.29, 0.717) is 30.3 Å². The lowest BCUT2D eigenvalue weighted by Crippen LogP contribution is -2.38. The third-order valence-corrected chi connectivity index (χ3v) is 5.05. The Morgan fingerprint density at radius 3 is 2.79 bits per heavy atom. The van der Waals surface area contributed by atoms with Crippen LogP contribution >= 0.6 is 0 Å². The summed E-state index contributed by atoms with van der Waals surface area (Å²) in [7, 11) is 4.15. The summed E-state index contributed by atoms with van der Waals surface area (Å²) in [6.45, 7) is 0. The first-order valence-electron chi connectivity index (χ1n) is 8.48. The molecule has 1 fully saturated rings. The zero-order valence-electron chi connectivity index (χ0n) is 14.2. The van der Waals surface area contributed by atoms with E-state index in [9.17, 15) is 14.9 Å². The Kier molecular flexibility index (Phi) is 4.71. The number of rotatable bonds is 4. The molecule has 24 heavy (non-hydrogen) atoms. The molecule has 2 aliphatic rings. The summed E-state index contributed by atoms with van der Waals surface area (Å²) in [6.07, 6.45) is 5.17. The van der Waals surface area contributed by atoms with Crippen LogP contribution in [0.15, 0.2) is 12.1 Å². The summed E-state index contributed by atoms with van der Waals surface area (Å²) in [6, 6.07) is 4.03. The largest absolute Gasteiger partial charge is 0.377 e. The smallest absolute Gasteiger partial charge is 0.292 e. The molecule has 7 heteroatoms. The minimum Gasteiger partial charge on any atom is -0.377 e. The van der Waals surface area contributed by atoms with Gasteiger partial charge < -0.3 is 15.5 Å². The molecule has 7 nitrogen and oxygen atoms in total. The van der Waals surface area contributed by atoms with Crippen LogP contribution < -0.4 is 10.6 Å². The van der Waals surface area contributed by atoms with Crippen molar-refractivity contribution < 1.29 is 9.72 Å². The Bertz CT molecular complexity index is 659. The number of fused-ring (bicyclic) bond motifs is 1. The summed E-state index contributed by atoms with van der Waals surface area (Å²) in [5, 5.41) is 17.6. The van der Waals surface area contributed by atoms with E-state index >= 15 is 0 Å². The quantitative estimate of drug-likeness (QED) is 0.654. The predicted molar refractivity (Wildman–Crippen MR) is 93.4 cm³/mol. The number of nitrogens with zero attached hydrogens (tertiary/aromatic N) is 2. The molecule has 0 bridgehead atoms. The fourth-order valence-electron chi connectivity index (χ4n) is 3.67. The summed E-state index contributed by atoms with van der Waals surface area (Å²) in [5.41, 5.74) is 2.13. The van der Waals surface area contributed by atoms with Gasteiger partial charge in [0.25, 0.3) is 5.69 Å². The standard InChI is InChI=1S/C17H24N4O3/c1-20(2)13-5-3-4-12(9-13)18-15-10-14-11(6-7-17(22)19-14)8-16(15)21(23)24/h8,10,12-13,18H,3-7,9H2,1-2H3,(H,19,22)/t12-,13-/m1/s1. The Balaban J connectivity index is 1.85. The van der Waals surface area contributed by atoms with E-state index in [1.807, 2.05) is 0 Å². The molecule has 1 amide bonds. The highest BCUT2D eigenvalue weighted by molar-refractivity contribution is 5.95. The third-order valence-electron chi connectivity index (χ3n) is 5.05. The molecular weight excluding hydrogens is 308 g/mol. The number of carbonyl (C=O) groups excluding carboxylic acids is 1. The summed E-state index contributed by atoms with van der Waals surface area (Å²) in [5.74, 6) is -0.0346. The average Bonchev–Trinajstić information content (AvgIpc) is 2.54. The van der Waals surface area contributed by atoms with Crippen LogP contribution in [0.25, 0.3) is 0 Å². The number of nitro benzene ring substituents is 1. The summed E-state index contributed by atoms with van der Waals surface area (Å²) < 4.78 is 0. The van der Waals surface area contributed by atoms with E-state index < -0.39 is 0 Å². The van der Waals surface area contributed by atoms with Gasteiger partial charge in [-0.05, 0) is 57.8 Å². The fraction of sp³-hybridized carbons (Fsp3) is 0.588. The van der Waals surface area contributed by atoms with Gasteiger partial charge in [0.1, 0.15) is 5.69 Å². The van der Waals surface area contributed by atoms with Crippen molar-refractivity contribution in [3.8, 4) is 0 Å². The second-order valence-electron chi connectivity index (χ2n) is 6.96. The first kappa shape index (κ1) is 16.7. The minimum atomic E-state index is -0.342. The van der Waals surface area contributed by atoms with Gasteiger partial charge in [-0.25, -0.2) is 0 Å². The van der Waals surface area contributed by atoms with Gasteiger partial charge in [-0.2, -0.15) is 0 Å².